The van der Waals surface area contributed by atoms with Gasteiger partial charge in [0, 0.05) is 21.1 Å². The van der Waals surface area contributed by atoms with Crippen molar-refractivity contribution in [1.82, 2.24) is 0 Å². The van der Waals surface area contributed by atoms with E-state index >= 15 is 0 Å². The summed E-state index contributed by atoms with van der Waals surface area (Å²) >= 11 is 6.77. The maximum atomic E-state index is 12.4. The van der Waals surface area contributed by atoms with Crippen molar-refractivity contribution in [3.63, 3.8) is 0 Å². The Hall–Kier alpha value is -2.96. The minimum absolute atomic E-state index is 0.283. The van der Waals surface area contributed by atoms with Gasteiger partial charge in [0.1, 0.15) is 0 Å². The maximum absolute atomic E-state index is 12.4. The lowest BCUT2D eigenvalue weighted by Gasteiger charge is -2.11. The number of carbonyl (C=O) groups is 2. The van der Waals surface area contributed by atoms with Gasteiger partial charge in [-0.2, -0.15) is 0 Å². The Bertz CT molecular complexity index is 1140. The van der Waals surface area contributed by atoms with E-state index in [9.17, 15) is 9.59 Å². The standard InChI is InChI=1S/C25H20Br2N2O2/c1-17-2-13-22(28-24(30)14-7-18-3-9-20(26)10-4-18)23(16-17)29-25(31)15-8-19-5-11-21(27)12-6-19/h2-16H,1H3,(H,28,30)(H,29,31)/b14-7+,15-8+. The Labute approximate surface area is 198 Å². The highest BCUT2D eigenvalue weighted by atomic mass is 79.9. The Morgan fingerprint density at radius 2 is 1.13 bits per heavy atom. The van der Waals surface area contributed by atoms with Crippen molar-refractivity contribution in [2.24, 2.45) is 0 Å². The molecular weight excluding hydrogens is 520 g/mol. The van der Waals surface area contributed by atoms with Crippen molar-refractivity contribution in [1.29, 1.82) is 0 Å². The van der Waals surface area contributed by atoms with Crippen LogP contribution in [0.25, 0.3) is 12.2 Å². The summed E-state index contributed by atoms with van der Waals surface area (Å²) < 4.78 is 1.95. The molecule has 0 bridgehead atoms. The highest BCUT2D eigenvalue weighted by molar-refractivity contribution is 9.10. The SMILES string of the molecule is Cc1ccc(NC(=O)/C=C/c2ccc(Br)cc2)c(NC(=O)/C=C/c2ccc(Br)cc2)c1. The second-order valence-corrected chi connectivity index (χ2v) is 8.63. The fourth-order valence-corrected chi connectivity index (χ4v) is 3.24. The molecule has 0 atom stereocenters. The summed E-state index contributed by atoms with van der Waals surface area (Å²) in [6, 6.07) is 20.7. The lowest BCUT2D eigenvalue weighted by Crippen LogP contribution is -2.13. The number of hydrogen-bond donors (Lipinski definition) is 2. The number of nitrogens with one attached hydrogen (secondary N) is 2. The molecule has 156 valence electrons. The molecule has 0 fully saturated rings. The molecule has 0 aromatic heterocycles. The van der Waals surface area contributed by atoms with Gasteiger partial charge in [-0.1, -0.05) is 62.2 Å². The minimum Gasteiger partial charge on any atom is -0.321 e. The molecule has 0 heterocycles. The first-order chi connectivity index (χ1) is 14.9. The van der Waals surface area contributed by atoms with Gasteiger partial charge in [-0.05, 0) is 72.2 Å². The zero-order valence-electron chi connectivity index (χ0n) is 16.7. The van der Waals surface area contributed by atoms with Crippen molar-refractivity contribution in [3.8, 4) is 0 Å². The highest BCUT2D eigenvalue weighted by Gasteiger charge is 2.08. The zero-order chi connectivity index (χ0) is 22.2. The number of carbonyl (C=O) groups excluding carboxylic acids is 2. The van der Waals surface area contributed by atoms with Crippen LogP contribution in [0.2, 0.25) is 0 Å². The highest BCUT2D eigenvalue weighted by Crippen LogP contribution is 2.23. The number of rotatable bonds is 6. The smallest absolute Gasteiger partial charge is 0.248 e. The third-order valence-electron chi connectivity index (χ3n) is 4.29. The van der Waals surface area contributed by atoms with Crippen LogP contribution < -0.4 is 10.6 Å². The molecule has 4 nitrogen and oxygen atoms in total. The summed E-state index contributed by atoms with van der Waals surface area (Å²) in [7, 11) is 0. The zero-order valence-corrected chi connectivity index (χ0v) is 19.9. The first kappa shape index (κ1) is 22.7. The van der Waals surface area contributed by atoms with E-state index in [4.69, 9.17) is 0 Å². The molecule has 31 heavy (non-hydrogen) atoms. The summed E-state index contributed by atoms with van der Waals surface area (Å²) in [5.41, 5.74) is 3.86. The molecule has 0 aliphatic rings. The molecule has 0 aliphatic heterocycles. The molecule has 3 aromatic carbocycles. The van der Waals surface area contributed by atoms with Gasteiger partial charge in [0.05, 0.1) is 11.4 Å². The van der Waals surface area contributed by atoms with E-state index < -0.39 is 0 Å². The van der Waals surface area contributed by atoms with Crippen LogP contribution in [-0.4, -0.2) is 11.8 Å². The van der Waals surface area contributed by atoms with Crippen LogP contribution >= 0.6 is 31.9 Å². The molecule has 0 unspecified atom stereocenters. The Morgan fingerprint density at radius 3 is 1.61 bits per heavy atom. The van der Waals surface area contributed by atoms with Crippen LogP contribution in [0.4, 0.5) is 11.4 Å². The molecule has 0 aliphatic carbocycles. The number of halogens is 2. The van der Waals surface area contributed by atoms with Gasteiger partial charge in [0.15, 0.2) is 0 Å². The summed E-state index contributed by atoms with van der Waals surface area (Å²) in [6.07, 6.45) is 6.39. The van der Waals surface area contributed by atoms with Crippen LogP contribution in [0.5, 0.6) is 0 Å². The van der Waals surface area contributed by atoms with E-state index in [2.05, 4.69) is 42.5 Å². The number of amides is 2. The Morgan fingerprint density at radius 1 is 0.677 bits per heavy atom. The Kier molecular flexibility index (Phi) is 7.98. The molecule has 2 N–H and O–H groups in total. The first-order valence-electron chi connectivity index (χ1n) is 9.49. The van der Waals surface area contributed by atoms with E-state index in [1.165, 1.54) is 12.2 Å². The van der Waals surface area contributed by atoms with Crippen LogP contribution in [-0.2, 0) is 9.59 Å². The van der Waals surface area contributed by atoms with Gasteiger partial charge in [0.2, 0.25) is 11.8 Å². The molecule has 3 rings (SSSR count). The lowest BCUT2D eigenvalue weighted by atomic mass is 10.1. The molecule has 3 aromatic rings. The third-order valence-corrected chi connectivity index (χ3v) is 5.34. The monoisotopic (exact) mass is 538 g/mol. The first-order valence-corrected chi connectivity index (χ1v) is 11.1. The second-order valence-electron chi connectivity index (χ2n) is 6.80. The van der Waals surface area contributed by atoms with Crippen LogP contribution in [0, 0.1) is 6.92 Å². The van der Waals surface area contributed by atoms with Crippen LogP contribution in [0.1, 0.15) is 16.7 Å². The molecular formula is C25H20Br2N2O2. The lowest BCUT2D eigenvalue weighted by molar-refractivity contribution is -0.112. The summed E-state index contributed by atoms with van der Waals surface area (Å²) in [4.78, 5) is 24.8. The number of aryl methyl sites for hydroxylation is 1. The summed E-state index contributed by atoms with van der Waals surface area (Å²) in [5, 5.41) is 5.67. The van der Waals surface area contributed by atoms with Gasteiger partial charge in [-0.25, -0.2) is 0 Å². The average molecular weight is 540 g/mol. The summed E-state index contributed by atoms with van der Waals surface area (Å²) in [5.74, 6) is -0.568. The van der Waals surface area contributed by atoms with Crippen LogP contribution in [0.3, 0.4) is 0 Å². The average Bonchev–Trinajstić information content (AvgIpc) is 2.75. The van der Waals surface area contributed by atoms with Gasteiger partial charge in [-0.3, -0.25) is 9.59 Å². The predicted molar refractivity (Wildman–Crippen MR) is 135 cm³/mol. The molecule has 0 spiro atoms. The van der Waals surface area contributed by atoms with E-state index in [1.54, 1.807) is 18.2 Å². The topological polar surface area (TPSA) is 58.2 Å². The molecule has 0 saturated heterocycles. The normalized spacial score (nSPS) is 11.1. The number of anilines is 2. The van der Waals surface area contributed by atoms with E-state index in [-0.39, 0.29) is 11.8 Å². The van der Waals surface area contributed by atoms with Crippen molar-refractivity contribution < 1.29 is 9.59 Å². The largest absolute Gasteiger partial charge is 0.321 e. The van der Waals surface area contributed by atoms with Crippen LogP contribution in [0.15, 0.2) is 87.8 Å². The summed E-state index contributed by atoms with van der Waals surface area (Å²) in [6.45, 7) is 1.92. The van der Waals surface area contributed by atoms with E-state index in [0.29, 0.717) is 11.4 Å². The molecule has 6 heteroatoms. The van der Waals surface area contributed by atoms with Gasteiger partial charge in [0.25, 0.3) is 0 Å². The van der Waals surface area contributed by atoms with Crippen molar-refractivity contribution >= 4 is 67.2 Å². The second kappa shape index (κ2) is 10.9. The number of hydrogen-bond acceptors (Lipinski definition) is 2. The minimum atomic E-state index is -0.285. The van der Waals surface area contributed by atoms with E-state index in [1.807, 2.05) is 67.6 Å². The molecule has 2 amide bonds. The Balaban J connectivity index is 1.68. The third kappa shape index (κ3) is 7.35. The molecule has 0 saturated carbocycles. The van der Waals surface area contributed by atoms with E-state index in [0.717, 1.165) is 25.6 Å². The van der Waals surface area contributed by atoms with Gasteiger partial charge in [-0.15, -0.1) is 0 Å². The van der Waals surface area contributed by atoms with Crippen molar-refractivity contribution in [2.45, 2.75) is 6.92 Å². The molecule has 0 radical (unpaired) electrons. The maximum Gasteiger partial charge on any atom is 0.248 e. The quantitative estimate of drug-likeness (QED) is 0.337. The fraction of sp³-hybridized carbons (Fsp3) is 0.0400. The fourth-order valence-electron chi connectivity index (χ4n) is 2.71. The number of benzene rings is 3. The van der Waals surface area contributed by atoms with Crippen molar-refractivity contribution in [3.05, 3.63) is 105 Å². The van der Waals surface area contributed by atoms with Gasteiger partial charge < -0.3 is 10.6 Å². The van der Waals surface area contributed by atoms with Gasteiger partial charge >= 0.3 is 0 Å². The van der Waals surface area contributed by atoms with Crippen molar-refractivity contribution in [2.75, 3.05) is 10.6 Å². The predicted octanol–water partition coefficient (Wildman–Crippen LogP) is 6.82.